The van der Waals surface area contributed by atoms with Gasteiger partial charge in [0.05, 0.1) is 0 Å². The predicted molar refractivity (Wildman–Crippen MR) is 233 cm³/mol. The molecule has 0 heterocycles. The van der Waals surface area contributed by atoms with Gasteiger partial charge in [-0.15, -0.1) is 5.73 Å². The van der Waals surface area contributed by atoms with Gasteiger partial charge in [0.1, 0.15) is 6.10 Å². The molecule has 2 aliphatic carbocycles. The summed E-state index contributed by atoms with van der Waals surface area (Å²) < 4.78 is 0. The Bertz CT molecular complexity index is 1820. The molecular formula is C51H74O. The van der Waals surface area contributed by atoms with Crippen molar-refractivity contribution < 1.29 is 5.11 Å². The number of benzene rings is 1. The van der Waals surface area contributed by atoms with Crippen LogP contribution in [0.2, 0.25) is 0 Å². The SMILES string of the molecule is C=c1c(C)c(/C=C\CCCCCCCCC)/c(=C2\C(C)=C(CC=CC)C(O)C(C(C)=C(C)CCCCCCCC)=C2CCC)c2c1=C=CC=CC=2C. The van der Waals surface area contributed by atoms with E-state index in [4.69, 9.17) is 0 Å². The van der Waals surface area contributed by atoms with Crippen LogP contribution in [0.4, 0.5) is 0 Å². The van der Waals surface area contributed by atoms with Crippen molar-refractivity contribution in [1.82, 2.24) is 0 Å². The standard InChI is InChI=1S/C51H74O/c1-11-15-18-20-22-23-24-26-28-35-44-41(9)40(8)43-36-30-29-33-38(6)47(43)50(44)48-42(10)45(34-17-13-3)51(52)49(46(48)31-14-4)39(7)37(5)32-27-25-21-19-16-12-2/h13,17,28-30,33,35,51-52H,8,11-12,14-16,18-27,31-32,34H2,1-7,9-10H3/b17-13?,35-28-,39-37?,50-48-. The molecule has 1 nitrogen and oxygen atoms in total. The lowest BCUT2D eigenvalue weighted by Gasteiger charge is -2.33. The highest BCUT2D eigenvalue weighted by Crippen LogP contribution is 2.42. The van der Waals surface area contributed by atoms with E-state index in [2.05, 4.69) is 111 Å². The molecule has 1 unspecified atom stereocenters. The third-order valence-corrected chi connectivity index (χ3v) is 11.6. The molecule has 284 valence electrons. The average Bonchev–Trinajstić information content (AvgIpc) is 3.32. The molecular weight excluding hydrogens is 629 g/mol. The van der Waals surface area contributed by atoms with Crippen LogP contribution < -0.4 is 20.9 Å². The normalized spacial score (nSPS) is 17.8. The molecule has 1 aromatic carbocycles. The Balaban J connectivity index is 2.41. The minimum absolute atomic E-state index is 0.611. The van der Waals surface area contributed by atoms with Crippen LogP contribution in [0, 0.1) is 6.92 Å². The Hall–Kier alpha value is -3.12. The lowest BCUT2D eigenvalue weighted by molar-refractivity contribution is 0.243. The van der Waals surface area contributed by atoms with E-state index in [0.717, 1.165) is 53.7 Å². The quantitative estimate of drug-likeness (QED) is 0.0999. The topological polar surface area (TPSA) is 20.2 Å². The first kappa shape index (κ1) is 43.3. The number of allylic oxidation sites excluding steroid dienone is 9. The maximum Gasteiger partial charge on any atom is 0.101 e. The average molecular weight is 703 g/mol. The van der Waals surface area contributed by atoms with E-state index in [1.165, 1.54) is 138 Å². The van der Waals surface area contributed by atoms with Crippen LogP contribution >= 0.6 is 0 Å². The molecule has 0 aromatic heterocycles. The predicted octanol–water partition coefficient (Wildman–Crippen LogP) is 12.2. The first-order valence-electron chi connectivity index (χ1n) is 21.2. The Morgan fingerprint density at radius 1 is 0.827 bits per heavy atom. The van der Waals surface area contributed by atoms with E-state index in [-0.39, 0.29) is 0 Å². The van der Waals surface area contributed by atoms with Gasteiger partial charge in [0.2, 0.25) is 0 Å². The summed E-state index contributed by atoms with van der Waals surface area (Å²) >= 11 is 0. The lowest BCUT2D eigenvalue weighted by atomic mass is 9.73. The molecule has 0 aliphatic heterocycles. The van der Waals surface area contributed by atoms with Gasteiger partial charge in [0, 0.05) is 10.4 Å². The maximum atomic E-state index is 12.4. The summed E-state index contributed by atoms with van der Waals surface area (Å²) in [6.07, 6.45) is 36.8. The van der Waals surface area contributed by atoms with Gasteiger partial charge in [0.15, 0.2) is 0 Å². The van der Waals surface area contributed by atoms with Gasteiger partial charge in [-0.05, 0) is 147 Å². The van der Waals surface area contributed by atoms with Crippen molar-refractivity contribution in [3.05, 3.63) is 102 Å². The molecule has 0 bridgehead atoms. The van der Waals surface area contributed by atoms with Crippen LogP contribution in [0.3, 0.4) is 0 Å². The number of unbranched alkanes of at least 4 members (excludes halogenated alkanes) is 12. The highest BCUT2D eigenvalue weighted by atomic mass is 16.3. The summed E-state index contributed by atoms with van der Waals surface area (Å²) in [6, 6.07) is 0. The van der Waals surface area contributed by atoms with Crippen LogP contribution in [0.5, 0.6) is 0 Å². The number of fused-ring (bicyclic) bond motifs is 1. The summed E-state index contributed by atoms with van der Waals surface area (Å²) in [5.41, 5.74) is 16.2. The fourth-order valence-corrected chi connectivity index (χ4v) is 8.24. The summed E-state index contributed by atoms with van der Waals surface area (Å²) in [4.78, 5) is 0. The molecule has 0 fully saturated rings. The minimum atomic E-state index is -0.611. The molecule has 0 saturated carbocycles. The number of hydrogen-bond acceptors (Lipinski definition) is 1. The Morgan fingerprint density at radius 3 is 2.10 bits per heavy atom. The van der Waals surface area contributed by atoms with Gasteiger partial charge < -0.3 is 5.11 Å². The summed E-state index contributed by atoms with van der Waals surface area (Å²) in [7, 11) is 0. The van der Waals surface area contributed by atoms with Gasteiger partial charge >= 0.3 is 0 Å². The number of rotatable bonds is 21. The van der Waals surface area contributed by atoms with Crippen LogP contribution in [0.1, 0.15) is 182 Å². The Morgan fingerprint density at radius 2 is 1.46 bits per heavy atom. The van der Waals surface area contributed by atoms with Crippen LogP contribution in [-0.2, 0) is 0 Å². The summed E-state index contributed by atoms with van der Waals surface area (Å²) in [6.45, 7) is 25.0. The first-order chi connectivity index (χ1) is 25.2. The molecule has 0 amide bonds. The fraction of sp³-hybridized carbons (Fsp3) is 0.549. The van der Waals surface area contributed by atoms with E-state index in [9.17, 15) is 5.11 Å². The number of aliphatic hydroxyl groups excluding tert-OH is 1. The van der Waals surface area contributed by atoms with E-state index in [1.54, 1.807) is 0 Å². The highest BCUT2D eigenvalue weighted by molar-refractivity contribution is 5.86. The molecule has 0 saturated heterocycles. The molecule has 52 heavy (non-hydrogen) atoms. The van der Waals surface area contributed by atoms with Gasteiger partial charge in [-0.2, -0.15) is 0 Å². The Labute approximate surface area is 319 Å². The lowest BCUT2D eigenvalue weighted by Crippen LogP contribution is -2.52. The van der Waals surface area contributed by atoms with Crippen molar-refractivity contribution in [2.24, 2.45) is 0 Å². The van der Waals surface area contributed by atoms with Crippen molar-refractivity contribution in [1.29, 1.82) is 0 Å². The monoisotopic (exact) mass is 703 g/mol. The smallest absolute Gasteiger partial charge is 0.101 e. The minimum Gasteiger partial charge on any atom is -0.384 e. The summed E-state index contributed by atoms with van der Waals surface area (Å²) in [5.74, 6) is 0. The number of hydrogen-bond donors (Lipinski definition) is 1. The van der Waals surface area contributed by atoms with Crippen LogP contribution in [-0.4, -0.2) is 11.2 Å². The second-order valence-corrected chi connectivity index (χ2v) is 15.6. The molecule has 0 spiro atoms. The van der Waals surface area contributed by atoms with Crippen molar-refractivity contribution in [2.45, 2.75) is 184 Å². The molecule has 1 atom stereocenters. The molecule has 0 radical (unpaired) electrons. The zero-order chi connectivity index (χ0) is 38.0. The molecule has 2 aliphatic rings. The van der Waals surface area contributed by atoms with Crippen LogP contribution in [0.25, 0.3) is 29.5 Å². The zero-order valence-corrected chi connectivity index (χ0v) is 35.0. The summed E-state index contributed by atoms with van der Waals surface area (Å²) in [5, 5.41) is 17.1. The first-order valence-corrected chi connectivity index (χ1v) is 21.2. The second-order valence-electron chi connectivity index (χ2n) is 15.6. The molecule has 1 aromatic rings. The van der Waals surface area contributed by atoms with E-state index < -0.39 is 6.10 Å². The van der Waals surface area contributed by atoms with E-state index >= 15 is 0 Å². The zero-order valence-electron chi connectivity index (χ0n) is 35.0. The van der Waals surface area contributed by atoms with Crippen molar-refractivity contribution in [3.63, 3.8) is 0 Å². The second kappa shape index (κ2) is 22.8. The van der Waals surface area contributed by atoms with Gasteiger partial charge in [-0.25, -0.2) is 0 Å². The third-order valence-electron chi connectivity index (χ3n) is 11.6. The third kappa shape index (κ3) is 11.2. The Kier molecular flexibility index (Phi) is 19.0. The van der Waals surface area contributed by atoms with Gasteiger partial charge in [-0.1, -0.05) is 146 Å². The van der Waals surface area contributed by atoms with E-state index in [1.807, 2.05) is 6.08 Å². The molecule has 1 N–H and O–H groups in total. The van der Waals surface area contributed by atoms with E-state index in [0.29, 0.717) is 0 Å². The fourth-order valence-electron chi connectivity index (χ4n) is 8.24. The van der Waals surface area contributed by atoms with Crippen molar-refractivity contribution >= 4 is 29.5 Å². The molecule has 3 rings (SSSR count). The van der Waals surface area contributed by atoms with Gasteiger partial charge in [0.25, 0.3) is 0 Å². The maximum absolute atomic E-state index is 12.4. The van der Waals surface area contributed by atoms with Crippen molar-refractivity contribution in [3.8, 4) is 0 Å². The highest BCUT2D eigenvalue weighted by Gasteiger charge is 2.32. The number of aliphatic hydroxyl groups is 1. The van der Waals surface area contributed by atoms with Crippen LogP contribution in [0.15, 0.2) is 69.9 Å². The van der Waals surface area contributed by atoms with Gasteiger partial charge in [-0.3, -0.25) is 0 Å². The molecule has 1 heteroatoms. The largest absolute Gasteiger partial charge is 0.384 e. The van der Waals surface area contributed by atoms with Crippen molar-refractivity contribution in [2.75, 3.05) is 0 Å².